The largest absolute Gasteiger partial charge is 0.490 e. The molecule has 1 fully saturated rings. The maximum Gasteiger partial charge on any atom is 0.490 e. The van der Waals surface area contributed by atoms with Gasteiger partial charge in [0.1, 0.15) is 0 Å². The van der Waals surface area contributed by atoms with Gasteiger partial charge in [0.15, 0.2) is 0 Å². The number of benzene rings is 1. The Morgan fingerprint density at radius 3 is 2.30 bits per heavy atom. The second kappa shape index (κ2) is 7.83. The number of carbonyl (C=O) groups is 1. The first kappa shape index (κ1) is 16.4. The van der Waals surface area contributed by atoms with E-state index in [2.05, 4.69) is 22.9 Å². The zero-order valence-corrected chi connectivity index (χ0v) is 10.5. The lowest BCUT2D eigenvalue weighted by Gasteiger charge is -2.27. The highest BCUT2D eigenvalue weighted by Crippen LogP contribution is 2.13. The Bertz CT molecular complexity index is 408. The van der Waals surface area contributed by atoms with E-state index in [9.17, 15) is 13.2 Å². The first-order valence-electron chi connectivity index (χ1n) is 5.81. The molecule has 1 saturated heterocycles. The second-order valence-electron chi connectivity index (χ2n) is 4.05. The Labute approximate surface area is 113 Å². The fourth-order valence-electron chi connectivity index (χ4n) is 1.19. The molecule has 112 valence electrons. The van der Waals surface area contributed by atoms with Gasteiger partial charge in [-0.3, -0.25) is 4.84 Å². The van der Waals surface area contributed by atoms with Crippen LogP contribution in [0.2, 0.25) is 0 Å². The predicted octanol–water partition coefficient (Wildman–Crippen LogP) is 1.31. The summed E-state index contributed by atoms with van der Waals surface area (Å²) in [5.74, 6) is -2.76. The fourth-order valence-corrected chi connectivity index (χ4v) is 1.19. The highest BCUT2D eigenvalue weighted by Gasteiger charge is 2.38. The number of hydrogen-bond acceptors (Lipinski definition) is 4. The lowest BCUT2D eigenvalue weighted by molar-refractivity contribution is -0.192. The van der Waals surface area contributed by atoms with Crippen molar-refractivity contribution >= 4 is 5.97 Å². The van der Waals surface area contributed by atoms with Crippen LogP contribution in [-0.2, 0) is 16.2 Å². The number of nitrogens with one attached hydrogen (secondary N) is 2. The molecule has 0 spiro atoms. The summed E-state index contributed by atoms with van der Waals surface area (Å²) in [5, 5.41) is 10.3. The lowest BCUT2D eigenvalue weighted by atomic mass is 10.2. The zero-order valence-electron chi connectivity index (χ0n) is 10.5. The maximum atomic E-state index is 10.6. The van der Waals surface area contributed by atoms with Gasteiger partial charge >= 0.3 is 12.1 Å². The molecular formula is C12H15F3N2O3. The number of alkyl halides is 3. The third-order valence-electron chi connectivity index (χ3n) is 2.36. The molecule has 1 aromatic carbocycles. The van der Waals surface area contributed by atoms with Crippen LogP contribution in [0, 0.1) is 0 Å². The summed E-state index contributed by atoms with van der Waals surface area (Å²) in [6.45, 7) is 2.65. The van der Waals surface area contributed by atoms with Crippen molar-refractivity contribution in [3.63, 3.8) is 0 Å². The Morgan fingerprint density at radius 1 is 1.35 bits per heavy atom. The predicted molar refractivity (Wildman–Crippen MR) is 64.7 cm³/mol. The van der Waals surface area contributed by atoms with Crippen LogP contribution in [0.1, 0.15) is 5.56 Å². The molecule has 0 radical (unpaired) electrons. The van der Waals surface area contributed by atoms with Crippen molar-refractivity contribution in [1.82, 2.24) is 10.8 Å². The maximum absolute atomic E-state index is 10.6. The summed E-state index contributed by atoms with van der Waals surface area (Å²) in [6.07, 6.45) is -5.08. The number of hydrogen-bond donors (Lipinski definition) is 3. The van der Waals surface area contributed by atoms with Crippen LogP contribution in [0.5, 0.6) is 0 Å². The van der Waals surface area contributed by atoms with Gasteiger partial charge in [-0.05, 0) is 5.56 Å². The molecule has 0 saturated carbocycles. The molecule has 2 rings (SSSR count). The van der Waals surface area contributed by atoms with Gasteiger partial charge < -0.3 is 10.4 Å². The zero-order chi connectivity index (χ0) is 15.0. The summed E-state index contributed by atoms with van der Waals surface area (Å²) < 4.78 is 31.7. The van der Waals surface area contributed by atoms with Gasteiger partial charge in [0.05, 0.1) is 12.6 Å². The Morgan fingerprint density at radius 2 is 1.90 bits per heavy atom. The van der Waals surface area contributed by atoms with Crippen molar-refractivity contribution in [2.75, 3.05) is 13.1 Å². The van der Waals surface area contributed by atoms with Crippen molar-refractivity contribution in [2.45, 2.75) is 18.8 Å². The van der Waals surface area contributed by atoms with Crippen LogP contribution >= 0.6 is 0 Å². The van der Waals surface area contributed by atoms with E-state index in [1.165, 1.54) is 5.56 Å². The van der Waals surface area contributed by atoms with Crippen molar-refractivity contribution in [3.8, 4) is 0 Å². The van der Waals surface area contributed by atoms with Crippen LogP contribution in [-0.4, -0.2) is 36.4 Å². The highest BCUT2D eigenvalue weighted by atomic mass is 19.4. The molecule has 0 aliphatic carbocycles. The van der Waals surface area contributed by atoms with Crippen LogP contribution in [0.4, 0.5) is 13.2 Å². The summed E-state index contributed by atoms with van der Waals surface area (Å²) in [4.78, 5) is 14.2. The average Bonchev–Trinajstić information content (AvgIpc) is 2.33. The lowest BCUT2D eigenvalue weighted by Crippen LogP contribution is -2.55. The van der Waals surface area contributed by atoms with Gasteiger partial charge in [-0.1, -0.05) is 30.3 Å². The molecule has 1 aliphatic rings. The van der Waals surface area contributed by atoms with Crippen LogP contribution < -0.4 is 10.8 Å². The number of hydroxylamine groups is 1. The molecule has 1 aromatic rings. The number of carboxylic acids is 1. The monoisotopic (exact) mass is 292 g/mol. The third-order valence-corrected chi connectivity index (χ3v) is 2.36. The first-order valence-corrected chi connectivity index (χ1v) is 5.81. The topological polar surface area (TPSA) is 70.6 Å². The second-order valence-corrected chi connectivity index (χ2v) is 4.05. The minimum absolute atomic E-state index is 0.490. The Hall–Kier alpha value is -1.64. The normalized spacial score (nSPS) is 14.9. The summed E-state index contributed by atoms with van der Waals surface area (Å²) >= 11 is 0. The quantitative estimate of drug-likeness (QED) is 0.730. The average molecular weight is 292 g/mol. The number of rotatable bonds is 4. The van der Waals surface area contributed by atoms with E-state index < -0.39 is 12.1 Å². The minimum Gasteiger partial charge on any atom is -0.475 e. The smallest absolute Gasteiger partial charge is 0.475 e. The van der Waals surface area contributed by atoms with Crippen molar-refractivity contribution < 1.29 is 27.9 Å². The highest BCUT2D eigenvalue weighted by molar-refractivity contribution is 5.73. The first-order chi connectivity index (χ1) is 9.39. The van der Waals surface area contributed by atoms with Crippen LogP contribution in [0.3, 0.4) is 0 Å². The molecule has 0 atom stereocenters. The molecule has 0 aromatic heterocycles. The molecule has 1 heterocycles. The van der Waals surface area contributed by atoms with Crippen LogP contribution in [0.25, 0.3) is 0 Å². The van der Waals surface area contributed by atoms with Crippen molar-refractivity contribution in [2.24, 2.45) is 0 Å². The van der Waals surface area contributed by atoms with E-state index in [-0.39, 0.29) is 0 Å². The molecule has 5 nitrogen and oxygen atoms in total. The molecule has 0 amide bonds. The van der Waals surface area contributed by atoms with Crippen molar-refractivity contribution in [3.05, 3.63) is 35.9 Å². The van der Waals surface area contributed by atoms with Gasteiger partial charge in [0, 0.05) is 13.1 Å². The third kappa shape index (κ3) is 6.50. The summed E-state index contributed by atoms with van der Waals surface area (Å²) in [6, 6.07) is 10.6. The van der Waals surface area contributed by atoms with Gasteiger partial charge in [0.2, 0.25) is 0 Å². The van der Waals surface area contributed by atoms with Gasteiger partial charge in [-0.15, -0.1) is 0 Å². The molecule has 8 heteroatoms. The molecule has 1 aliphatic heterocycles. The van der Waals surface area contributed by atoms with Crippen molar-refractivity contribution in [1.29, 1.82) is 0 Å². The Balaban J connectivity index is 0.000000246. The molecule has 0 bridgehead atoms. The summed E-state index contributed by atoms with van der Waals surface area (Å²) in [7, 11) is 0. The van der Waals surface area contributed by atoms with Gasteiger partial charge in [0.25, 0.3) is 0 Å². The molecular weight excluding hydrogens is 277 g/mol. The van der Waals surface area contributed by atoms with E-state index in [1.54, 1.807) is 0 Å². The summed E-state index contributed by atoms with van der Waals surface area (Å²) in [5.41, 5.74) is 4.20. The van der Waals surface area contributed by atoms with E-state index in [0.717, 1.165) is 13.1 Å². The molecule has 3 N–H and O–H groups in total. The Kier molecular flexibility index (Phi) is 6.43. The minimum atomic E-state index is -5.08. The molecule has 0 unspecified atom stereocenters. The fraction of sp³-hybridized carbons (Fsp3) is 0.417. The standard InChI is InChI=1S/C10H14N2O.C2HF3O2/c1-2-4-9(5-3-1)8-13-12-10-6-11-7-10;3-2(4,5)1(6)7/h1-5,10-12H,6-8H2;(H,6,7). The number of halogens is 3. The van der Waals surface area contributed by atoms with Gasteiger partial charge in [-0.2, -0.15) is 18.7 Å². The SMILES string of the molecule is O=C(O)C(F)(F)F.c1ccc(CONC2CNC2)cc1. The van der Waals surface area contributed by atoms with E-state index >= 15 is 0 Å². The van der Waals surface area contributed by atoms with Crippen LogP contribution in [0.15, 0.2) is 30.3 Å². The van der Waals surface area contributed by atoms with E-state index in [4.69, 9.17) is 14.7 Å². The van der Waals surface area contributed by atoms with Gasteiger partial charge in [-0.25, -0.2) is 4.79 Å². The molecule has 20 heavy (non-hydrogen) atoms. The van der Waals surface area contributed by atoms with E-state index in [1.807, 2.05) is 18.2 Å². The van der Waals surface area contributed by atoms with E-state index in [0.29, 0.717) is 12.6 Å². The number of carboxylic acid groups (broad SMARTS) is 1. The number of aliphatic carboxylic acids is 1.